The van der Waals surface area contributed by atoms with Crippen LogP contribution in [-0.2, 0) is 9.53 Å². The average Bonchev–Trinajstić information content (AvgIpc) is 3.13. The number of nitrogens with one attached hydrogen (secondary N) is 2. The third-order valence-corrected chi connectivity index (χ3v) is 5.58. The summed E-state index contributed by atoms with van der Waals surface area (Å²) in [6, 6.07) is 8.72. The minimum atomic E-state index is -0.427. The molecular formula is C22H30N4O4S. The Bertz CT molecular complexity index is 870. The van der Waals surface area contributed by atoms with Crippen LogP contribution < -0.4 is 15.5 Å². The van der Waals surface area contributed by atoms with E-state index in [-0.39, 0.29) is 31.5 Å². The molecular weight excluding hydrogens is 416 g/mol. The Balaban J connectivity index is 1.99. The Morgan fingerprint density at radius 1 is 1.13 bits per heavy atom. The Labute approximate surface area is 187 Å². The van der Waals surface area contributed by atoms with Crippen LogP contribution in [0.25, 0.3) is 0 Å². The number of carbonyl (C=O) groups excluding carboxylic acids is 3. The number of anilines is 2. The van der Waals surface area contributed by atoms with Crippen LogP contribution in [0.4, 0.5) is 15.6 Å². The van der Waals surface area contributed by atoms with Crippen LogP contribution in [-0.4, -0.2) is 42.6 Å². The molecule has 0 unspecified atom stereocenters. The predicted molar refractivity (Wildman–Crippen MR) is 123 cm³/mol. The number of urea groups is 1. The molecule has 0 spiro atoms. The van der Waals surface area contributed by atoms with Crippen LogP contribution >= 0.6 is 11.3 Å². The van der Waals surface area contributed by atoms with Gasteiger partial charge in [0.05, 0.1) is 12.3 Å². The number of amides is 3. The Morgan fingerprint density at radius 3 is 2.55 bits per heavy atom. The van der Waals surface area contributed by atoms with Gasteiger partial charge in [0.25, 0.3) is 0 Å². The van der Waals surface area contributed by atoms with Gasteiger partial charge >= 0.3 is 12.0 Å². The van der Waals surface area contributed by atoms with Crippen LogP contribution in [0.2, 0.25) is 0 Å². The molecule has 3 amide bonds. The number of hydrogen-bond acceptors (Lipinski definition) is 6. The minimum Gasteiger partial charge on any atom is -0.462 e. The molecule has 0 aliphatic heterocycles. The highest BCUT2D eigenvalue weighted by atomic mass is 32.1. The molecule has 2 aromatic rings. The lowest BCUT2D eigenvalue weighted by molar-refractivity contribution is -0.118. The summed E-state index contributed by atoms with van der Waals surface area (Å²) in [7, 11) is 0. The number of aromatic nitrogens is 1. The van der Waals surface area contributed by atoms with Crippen molar-refractivity contribution in [2.75, 3.05) is 29.9 Å². The van der Waals surface area contributed by atoms with Gasteiger partial charge in [0, 0.05) is 25.2 Å². The number of unbranched alkanes of at least 4 members (excludes halogenated alkanes) is 2. The topological polar surface area (TPSA) is 101 Å². The van der Waals surface area contributed by atoms with Gasteiger partial charge < -0.3 is 15.4 Å². The molecule has 9 heteroatoms. The molecule has 0 aliphatic carbocycles. The third-order valence-electron chi connectivity index (χ3n) is 4.42. The molecule has 0 radical (unpaired) electrons. The second-order valence-electron chi connectivity index (χ2n) is 6.88. The van der Waals surface area contributed by atoms with E-state index in [1.165, 1.54) is 0 Å². The van der Waals surface area contributed by atoms with Gasteiger partial charge in [-0.3, -0.25) is 9.69 Å². The molecule has 1 heterocycles. The molecule has 1 aromatic carbocycles. The van der Waals surface area contributed by atoms with Crippen molar-refractivity contribution in [3.63, 3.8) is 0 Å². The zero-order valence-corrected chi connectivity index (χ0v) is 19.1. The molecule has 0 aliphatic rings. The molecule has 0 saturated carbocycles. The molecule has 0 saturated heterocycles. The van der Waals surface area contributed by atoms with E-state index in [4.69, 9.17) is 4.74 Å². The van der Waals surface area contributed by atoms with E-state index in [1.54, 1.807) is 30.9 Å². The lowest BCUT2D eigenvalue weighted by Crippen LogP contribution is -2.36. The smallest absolute Gasteiger partial charge is 0.350 e. The van der Waals surface area contributed by atoms with Gasteiger partial charge in [-0.1, -0.05) is 49.3 Å². The van der Waals surface area contributed by atoms with E-state index in [1.807, 2.05) is 18.2 Å². The number of para-hydroxylation sites is 1. The van der Waals surface area contributed by atoms with Crippen molar-refractivity contribution in [3.05, 3.63) is 40.9 Å². The monoisotopic (exact) mass is 446 g/mol. The van der Waals surface area contributed by atoms with Crippen molar-refractivity contribution in [1.82, 2.24) is 10.3 Å². The SMILES string of the molecule is CCCCCN(C(=O)CCNC(=O)Nc1ccccc1)c1nc(C)c(C(=O)OCC)s1. The van der Waals surface area contributed by atoms with Crippen LogP contribution in [0.1, 0.15) is 54.9 Å². The number of aryl methyl sites for hydroxylation is 1. The summed E-state index contributed by atoms with van der Waals surface area (Å²) in [6.07, 6.45) is 2.96. The van der Waals surface area contributed by atoms with Gasteiger partial charge in [0.1, 0.15) is 4.88 Å². The highest BCUT2D eigenvalue weighted by molar-refractivity contribution is 7.17. The summed E-state index contributed by atoms with van der Waals surface area (Å²) in [5, 5.41) is 5.90. The lowest BCUT2D eigenvalue weighted by Gasteiger charge is -2.20. The first-order chi connectivity index (χ1) is 15.0. The van der Waals surface area contributed by atoms with Crippen molar-refractivity contribution in [2.24, 2.45) is 0 Å². The summed E-state index contributed by atoms with van der Waals surface area (Å²) in [5.41, 5.74) is 1.23. The number of carbonyl (C=O) groups is 3. The first-order valence-corrected chi connectivity index (χ1v) is 11.3. The zero-order chi connectivity index (χ0) is 22.6. The molecule has 0 atom stereocenters. The fraction of sp³-hybridized carbons (Fsp3) is 0.455. The van der Waals surface area contributed by atoms with Crippen molar-refractivity contribution in [2.45, 2.75) is 46.5 Å². The van der Waals surface area contributed by atoms with Crippen molar-refractivity contribution >= 4 is 40.1 Å². The highest BCUT2D eigenvalue weighted by Gasteiger charge is 2.23. The van der Waals surface area contributed by atoms with Crippen molar-refractivity contribution < 1.29 is 19.1 Å². The fourth-order valence-electron chi connectivity index (χ4n) is 2.85. The quantitative estimate of drug-likeness (QED) is 0.394. The normalized spacial score (nSPS) is 10.4. The third kappa shape index (κ3) is 7.67. The molecule has 2 rings (SSSR count). The fourth-order valence-corrected chi connectivity index (χ4v) is 3.85. The molecule has 8 nitrogen and oxygen atoms in total. The van der Waals surface area contributed by atoms with E-state index < -0.39 is 5.97 Å². The Morgan fingerprint density at radius 2 is 1.87 bits per heavy atom. The van der Waals surface area contributed by atoms with Gasteiger partial charge in [0.2, 0.25) is 5.91 Å². The largest absolute Gasteiger partial charge is 0.462 e. The number of thiazole rings is 1. The van der Waals surface area contributed by atoms with E-state index >= 15 is 0 Å². The van der Waals surface area contributed by atoms with E-state index in [2.05, 4.69) is 22.5 Å². The van der Waals surface area contributed by atoms with Gasteiger partial charge in [-0.25, -0.2) is 14.6 Å². The summed E-state index contributed by atoms with van der Waals surface area (Å²) in [6.45, 7) is 6.55. The van der Waals surface area contributed by atoms with Crippen LogP contribution in [0, 0.1) is 6.92 Å². The Hall–Kier alpha value is -2.94. The van der Waals surface area contributed by atoms with Gasteiger partial charge in [0.15, 0.2) is 5.13 Å². The summed E-state index contributed by atoms with van der Waals surface area (Å²) < 4.78 is 5.07. The summed E-state index contributed by atoms with van der Waals surface area (Å²) in [5.74, 6) is -0.579. The number of nitrogens with zero attached hydrogens (tertiary/aromatic N) is 2. The van der Waals surface area contributed by atoms with Crippen molar-refractivity contribution in [1.29, 1.82) is 0 Å². The maximum Gasteiger partial charge on any atom is 0.350 e. The van der Waals surface area contributed by atoms with E-state index in [0.29, 0.717) is 27.9 Å². The van der Waals surface area contributed by atoms with Crippen LogP contribution in [0.3, 0.4) is 0 Å². The van der Waals surface area contributed by atoms with Gasteiger partial charge in [-0.2, -0.15) is 0 Å². The molecule has 1 aromatic heterocycles. The second kappa shape index (κ2) is 12.7. The number of esters is 1. The molecule has 168 valence electrons. The predicted octanol–water partition coefficient (Wildman–Crippen LogP) is 4.36. The molecule has 31 heavy (non-hydrogen) atoms. The Kier molecular flexibility index (Phi) is 9.96. The second-order valence-corrected chi connectivity index (χ2v) is 7.86. The number of benzene rings is 1. The lowest BCUT2D eigenvalue weighted by atomic mass is 10.2. The average molecular weight is 447 g/mol. The maximum absolute atomic E-state index is 12.9. The molecule has 2 N–H and O–H groups in total. The van der Waals surface area contributed by atoms with Gasteiger partial charge in [-0.05, 0) is 32.4 Å². The summed E-state index contributed by atoms with van der Waals surface area (Å²) in [4.78, 5) is 43.5. The number of hydrogen-bond donors (Lipinski definition) is 2. The summed E-state index contributed by atoms with van der Waals surface area (Å²) >= 11 is 1.16. The first-order valence-electron chi connectivity index (χ1n) is 10.5. The molecule has 0 bridgehead atoms. The highest BCUT2D eigenvalue weighted by Crippen LogP contribution is 2.27. The van der Waals surface area contributed by atoms with Gasteiger partial charge in [-0.15, -0.1) is 0 Å². The minimum absolute atomic E-state index is 0.127. The van der Waals surface area contributed by atoms with Crippen LogP contribution in [0.5, 0.6) is 0 Å². The standard InChI is InChI=1S/C22H30N4O4S/c1-4-6-10-15-26(22-24-16(3)19(31-22)20(28)30-5-2)18(27)13-14-23-21(29)25-17-11-8-7-9-12-17/h7-9,11-12H,4-6,10,13-15H2,1-3H3,(H2,23,25,29). The first kappa shape index (κ1) is 24.3. The number of ether oxygens (including phenoxy) is 1. The molecule has 0 fully saturated rings. The zero-order valence-electron chi connectivity index (χ0n) is 18.3. The number of rotatable bonds is 11. The van der Waals surface area contributed by atoms with Crippen molar-refractivity contribution in [3.8, 4) is 0 Å². The van der Waals surface area contributed by atoms with E-state index in [0.717, 1.165) is 30.6 Å². The van der Waals surface area contributed by atoms with Crippen LogP contribution in [0.15, 0.2) is 30.3 Å². The maximum atomic E-state index is 12.9. The van der Waals surface area contributed by atoms with E-state index in [9.17, 15) is 14.4 Å².